The van der Waals surface area contributed by atoms with E-state index in [0.717, 1.165) is 18.8 Å². The van der Waals surface area contributed by atoms with Gasteiger partial charge in [-0.15, -0.1) is 0 Å². The normalized spacial score (nSPS) is 10.6. The van der Waals surface area contributed by atoms with Gasteiger partial charge < -0.3 is 10.2 Å². The lowest BCUT2D eigenvalue weighted by molar-refractivity contribution is 0.0951. The highest BCUT2D eigenvalue weighted by Crippen LogP contribution is 2.13. The molecule has 1 N–H and O–H groups in total. The molecule has 2 aromatic rings. The van der Waals surface area contributed by atoms with Gasteiger partial charge in [0.1, 0.15) is 5.82 Å². The van der Waals surface area contributed by atoms with Crippen LogP contribution in [0, 0.1) is 5.92 Å². The summed E-state index contributed by atoms with van der Waals surface area (Å²) in [4.78, 5) is 18.5. The molecule has 2 rings (SSSR count). The maximum absolute atomic E-state index is 12.0. The number of carbonyl (C=O) groups is 1. The van der Waals surface area contributed by atoms with Gasteiger partial charge in [-0.05, 0) is 30.0 Å². The Hall–Kier alpha value is -2.36. The van der Waals surface area contributed by atoms with Gasteiger partial charge in [0.05, 0.1) is 5.56 Å². The van der Waals surface area contributed by atoms with Crippen molar-refractivity contribution in [2.24, 2.45) is 5.92 Å². The van der Waals surface area contributed by atoms with E-state index < -0.39 is 0 Å². The van der Waals surface area contributed by atoms with E-state index in [4.69, 9.17) is 0 Å². The van der Waals surface area contributed by atoms with E-state index in [0.29, 0.717) is 18.0 Å². The van der Waals surface area contributed by atoms with Crippen LogP contribution in [0.15, 0.2) is 48.7 Å². The third kappa shape index (κ3) is 5.40. The van der Waals surface area contributed by atoms with Crippen LogP contribution in [0.3, 0.4) is 0 Å². The van der Waals surface area contributed by atoms with Crippen LogP contribution in [-0.2, 0) is 6.54 Å². The van der Waals surface area contributed by atoms with E-state index >= 15 is 0 Å². The highest BCUT2D eigenvalue weighted by Gasteiger charge is 2.08. The molecule has 4 nitrogen and oxygen atoms in total. The number of nitrogens with one attached hydrogen (secondary N) is 1. The molecule has 1 amide bonds. The minimum atomic E-state index is -0.0598. The molecule has 0 atom stereocenters. The van der Waals surface area contributed by atoms with Crippen LogP contribution in [-0.4, -0.2) is 24.5 Å². The number of hydrogen-bond acceptors (Lipinski definition) is 3. The summed E-state index contributed by atoms with van der Waals surface area (Å²) in [5.74, 6) is 1.38. The SMILES string of the molecule is CC(C)CCNC(=O)c1ccc(N(C)Cc2ccccc2)nc1. The predicted molar refractivity (Wildman–Crippen MR) is 94.6 cm³/mol. The van der Waals surface area contributed by atoms with Crippen LogP contribution in [0.4, 0.5) is 5.82 Å². The summed E-state index contributed by atoms with van der Waals surface area (Å²) in [6, 6.07) is 14.0. The van der Waals surface area contributed by atoms with Crippen LogP contribution >= 0.6 is 0 Å². The van der Waals surface area contributed by atoms with E-state index in [1.54, 1.807) is 6.20 Å². The van der Waals surface area contributed by atoms with E-state index in [2.05, 4.69) is 41.2 Å². The second kappa shape index (κ2) is 8.32. The third-order valence-corrected chi connectivity index (χ3v) is 3.67. The highest BCUT2D eigenvalue weighted by molar-refractivity contribution is 5.94. The second-order valence-electron chi connectivity index (χ2n) is 6.19. The molecule has 4 heteroatoms. The number of benzene rings is 1. The van der Waals surface area contributed by atoms with Gasteiger partial charge in [-0.1, -0.05) is 44.2 Å². The molecule has 0 saturated heterocycles. The van der Waals surface area contributed by atoms with E-state index in [1.165, 1.54) is 5.56 Å². The topological polar surface area (TPSA) is 45.2 Å². The Morgan fingerprint density at radius 1 is 1.17 bits per heavy atom. The average Bonchev–Trinajstić information content (AvgIpc) is 2.55. The zero-order valence-corrected chi connectivity index (χ0v) is 14.1. The van der Waals surface area contributed by atoms with Crippen molar-refractivity contribution in [2.45, 2.75) is 26.8 Å². The molecule has 1 heterocycles. The summed E-state index contributed by atoms with van der Waals surface area (Å²) in [6.45, 7) is 5.77. The molecule has 122 valence electrons. The minimum absolute atomic E-state index is 0.0598. The van der Waals surface area contributed by atoms with Crippen molar-refractivity contribution < 1.29 is 4.79 Å². The number of hydrogen-bond donors (Lipinski definition) is 1. The molecule has 0 saturated carbocycles. The molecule has 0 aliphatic heterocycles. The first-order chi connectivity index (χ1) is 11.1. The monoisotopic (exact) mass is 311 g/mol. The number of rotatable bonds is 7. The molecule has 0 unspecified atom stereocenters. The Kier molecular flexibility index (Phi) is 6.15. The summed E-state index contributed by atoms with van der Waals surface area (Å²) < 4.78 is 0. The molecule has 0 aliphatic rings. The zero-order chi connectivity index (χ0) is 16.7. The first-order valence-electron chi connectivity index (χ1n) is 8.05. The van der Waals surface area contributed by atoms with Gasteiger partial charge >= 0.3 is 0 Å². The molecule has 1 aromatic heterocycles. The van der Waals surface area contributed by atoms with Gasteiger partial charge in [0.15, 0.2) is 0 Å². The quantitative estimate of drug-likeness (QED) is 0.851. The van der Waals surface area contributed by atoms with Gasteiger partial charge in [0.2, 0.25) is 0 Å². The van der Waals surface area contributed by atoms with Crippen molar-refractivity contribution in [1.29, 1.82) is 0 Å². The molecular formula is C19H25N3O. The summed E-state index contributed by atoms with van der Waals surface area (Å²) in [6.07, 6.45) is 2.62. The first kappa shape index (κ1) is 17.0. The fraction of sp³-hybridized carbons (Fsp3) is 0.368. The molecular weight excluding hydrogens is 286 g/mol. The van der Waals surface area contributed by atoms with Gasteiger partial charge in [0.25, 0.3) is 5.91 Å². The molecule has 0 radical (unpaired) electrons. The van der Waals surface area contributed by atoms with Crippen molar-refractivity contribution in [3.8, 4) is 0 Å². The van der Waals surface area contributed by atoms with E-state index in [-0.39, 0.29) is 5.91 Å². The highest BCUT2D eigenvalue weighted by atomic mass is 16.1. The maximum atomic E-state index is 12.0. The van der Waals surface area contributed by atoms with Gasteiger partial charge in [-0.2, -0.15) is 0 Å². The minimum Gasteiger partial charge on any atom is -0.355 e. The first-order valence-corrected chi connectivity index (χ1v) is 8.05. The Balaban J connectivity index is 1.92. The second-order valence-corrected chi connectivity index (χ2v) is 6.19. The average molecular weight is 311 g/mol. The molecule has 23 heavy (non-hydrogen) atoms. The smallest absolute Gasteiger partial charge is 0.252 e. The lowest BCUT2D eigenvalue weighted by Gasteiger charge is -2.18. The van der Waals surface area contributed by atoms with E-state index in [9.17, 15) is 4.79 Å². The third-order valence-electron chi connectivity index (χ3n) is 3.67. The van der Waals surface area contributed by atoms with Crippen LogP contribution in [0.25, 0.3) is 0 Å². The maximum Gasteiger partial charge on any atom is 0.252 e. The standard InChI is InChI=1S/C19H25N3O/c1-15(2)11-12-20-19(23)17-9-10-18(21-13-17)22(3)14-16-7-5-4-6-8-16/h4-10,13,15H,11-12,14H2,1-3H3,(H,20,23). The summed E-state index contributed by atoms with van der Waals surface area (Å²) in [5, 5.41) is 2.93. The molecule has 0 bridgehead atoms. The zero-order valence-electron chi connectivity index (χ0n) is 14.1. The summed E-state index contributed by atoms with van der Waals surface area (Å²) in [5.41, 5.74) is 1.83. The molecule has 1 aromatic carbocycles. The fourth-order valence-corrected chi connectivity index (χ4v) is 2.26. The van der Waals surface area contributed by atoms with Crippen molar-refractivity contribution in [1.82, 2.24) is 10.3 Å². The number of amides is 1. The summed E-state index contributed by atoms with van der Waals surface area (Å²) in [7, 11) is 2.00. The number of anilines is 1. The Morgan fingerprint density at radius 3 is 2.52 bits per heavy atom. The van der Waals surface area contributed by atoms with Crippen molar-refractivity contribution in [3.05, 3.63) is 59.8 Å². The van der Waals surface area contributed by atoms with Crippen molar-refractivity contribution >= 4 is 11.7 Å². The number of carbonyl (C=O) groups excluding carboxylic acids is 1. The van der Waals surface area contributed by atoms with Crippen LogP contribution in [0.5, 0.6) is 0 Å². The van der Waals surface area contributed by atoms with Gasteiger partial charge in [-0.3, -0.25) is 4.79 Å². The van der Waals surface area contributed by atoms with Crippen LogP contribution in [0.1, 0.15) is 36.2 Å². The van der Waals surface area contributed by atoms with E-state index in [1.807, 2.05) is 37.4 Å². The number of pyridine rings is 1. The Labute approximate surface area is 138 Å². The lowest BCUT2D eigenvalue weighted by Crippen LogP contribution is -2.25. The lowest BCUT2D eigenvalue weighted by atomic mass is 10.1. The predicted octanol–water partition coefficient (Wildman–Crippen LogP) is 3.49. The van der Waals surface area contributed by atoms with Crippen LogP contribution in [0.2, 0.25) is 0 Å². The largest absolute Gasteiger partial charge is 0.355 e. The molecule has 0 aliphatic carbocycles. The van der Waals surface area contributed by atoms with Crippen molar-refractivity contribution in [2.75, 3.05) is 18.5 Å². The molecule has 0 spiro atoms. The fourth-order valence-electron chi connectivity index (χ4n) is 2.26. The Morgan fingerprint density at radius 2 is 1.91 bits per heavy atom. The van der Waals surface area contributed by atoms with Crippen molar-refractivity contribution in [3.63, 3.8) is 0 Å². The van der Waals surface area contributed by atoms with Crippen LogP contribution < -0.4 is 10.2 Å². The van der Waals surface area contributed by atoms with Gasteiger partial charge in [0, 0.05) is 26.3 Å². The molecule has 0 fully saturated rings. The summed E-state index contributed by atoms with van der Waals surface area (Å²) >= 11 is 0. The number of aromatic nitrogens is 1. The number of nitrogens with zero attached hydrogens (tertiary/aromatic N) is 2. The Bertz CT molecular complexity index is 608. The van der Waals surface area contributed by atoms with Gasteiger partial charge in [-0.25, -0.2) is 4.98 Å².